The van der Waals surface area contributed by atoms with Crippen LogP contribution in [-0.4, -0.2) is 11.6 Å². The van der Waals surface area contributed by atoms with E-state index in [2.05, 4.69) is 22.7 Å². The van der Waals surface area contributed by atoms with E-state index >= 15 is 0 Å². The zero-order valence-electron chi connectivity index (χ0n) is 12.7. The predicted molar refractivity (Wildman–Crippen MR) is 88.3 cm³/mol. The van der Waals surface area contributed by atoms with Crippen molar-refractivity contribution in [1.82, 2.24) is 5.43 Å². The number of benzene rings is 2. The average molecular weight is 306 g/mol. The fourth-order valence-corrected chi connectivity index (χ4v) is 2.81. The van der Waals surface area contributed by atoms with Gasteiger partial charge < -0.3 is 4.74 Å². The minimum atomic E-state index is -0.0809. The summed E-state index contributed by atoms with van der Waals surface area (Å²) < 4.78 is 6.12. The molecule has 2 aromatic carbocycles. The quantitative estimate of drug-likeness (QED) is 0.883. The van der Waals surface area contributed by atoms with E-state index in [1.165, 1.54) is 0 Å². The number of ether oxygens (including phenoxy) is 1. The highest BCUT2D eigenvalue weighted by Gasteiger charge is 2.30. The first-order valence-corrected chi connectivity index (χ1v) is 7.98. The van der Waals surface area contributed by atoms with Crippen molar-refractivity contribution in [2.45, 2.75) is 25.4 Å². The fourth-order valence-electron chi connectivity index (χ4n) is 2.81. The maximum absolute atomic E-state index is 11.9. The standard InChI is InChI=1S/C19H18N2O2/c22-19(14-10-11-14)21-20-16-12-18(13-6-2-1-3-7-13)23-17-9-5-4-8-15(16)17/h1-9,14,18H,10-12H2,(H,21,22)/t18-/m0/s1. The Morgan fingerprint density at radius 1 is 1.04 bits per heavy atom. The van der Waals surface area contributed by atoms with Crippen LogP contribution in [0, 0.1) is 5.92 Å². The van der Waals surface area contributed by atoms with Gasteiger partial charge in [-0.05, 0) is 30.5 Å². The van der Waals surface area contributed by atoms with Crippen LogP contribution >= 0.6 is 0 Å². The summed E-state index contributed by atoms with van der Waals surface area (Å²) >= 11 is 0. The van der Waals surface area contributed by atoms with E-state index < -0.39 is 0 Å². The number of carbonyl (C=O) groups excluding carboxylic acids is 1. The molecular formula is C19H18N2O2. The summed E-state index contributed by atoms with van der Waals surface area (Å²) in [6.07, 6.45) is 2.51. The van der Waals surface area contributed by atoms with Crippen LogP contribution in [0.25, 0.3) is 0 Å². The van der Waals surface area contributed by atoms with Crippen LogP contribution in [0.4, 0.5) is 0 Å². The van der Waals surface area contributed by atoms with Gasteiger partial charge in [-0.15, -0.1) is 0 Å². The first-order valence-electron chi connectivity index (χ1n) is 7.98. The molecule has 4 heteroatoms. The van der Waals surface area contributed by atoms with Crippen LogP contribution in [-0.2, 0) is 4.79 Å². The highest BCUT2D eigenvalue weighted by Crippen LogP contribution is 2.35. The van der Waals surface area contributed by atoms with Crippen molar-refractivity contribution >= 4 is 11.6 Å². The van der Waals surface area contributed by atoms with Gasteiger partial charge in [-0.25, -0.2) is 5.43 Å². The van der Waals surface area contributed by atoms with E-state index in [4.69, 9.17) is 4.74 Å². The van der Waals surface area contributed by atoms with Gasteiger partial charge in [-0.2, -0.15) is 5.10 Å². The third-order valence-electron chi connectivity index (χ3n) is 4.27. The average Bonchev–Trinajstić information content (AvgIpc) is 3.45. The third-order valence-corrected chi connectivity index (χ3v) is 4.27. The number of carbonyl (C=O) groups is 1. The second-order valence-electron chi connectivity index (χ2n) is 6.03. The van der Waals surface area contributed by atoms with Gasteiger partial charge in [0.25, 0.3) is 0 Å². The normalized spacial score (nSPS) is 21.4. The molecule has 1 heterocycles. The van der Waals surface area contributed by atoms with Crippen molar-refractivity contribution < 1.29 is 9.53 Å². The maximum atomic E-state index is 11.9. The molecule has 4 nitrogen and oxygen atoms in total. The molecule has 1 aliphatic heterocycles. The largest absolute Gasteiger partial charge is 0.485 e. The topological polar surface area (TPSA) is 50.7 Å². The molecule has 2 aliphatic rings. The summed E-state index contributed by atoms with van der Waals surface area (Å²) in [4.78, 5) is 11.9. The van der Waals surface area contributed by atoms with E-state index in [-0.39, 0.29) is 17.9 Å². The Morgan fingerprint density at radius 2 is 1.78 bits per heavy atom. The molecule has 1 saturated carbocycles. The summed E-state index contributed by atoms with van der Waals surface area (Å²) in [7, 11) is 0. The Labute approximate surface area is 135 Å². The number of para-hydroxylation sites is 1. The lowest BCUT2D eigenvalue weighted by Crippen LogP contribution is -2.26. The highest BCUT2D eigenvalue weighted by molar-refractivity contribution is 6.04. The molecule has 0 radical (unpaired) electrons. The van der Waals surface area contributed by atoms with E-state index in [1.54, 1.807) is 0 Å². The van der Waals surface area contributed by atoms with Crippen LogP contribution in [0.3, 0.4) is 0 Å². The number of hydrazone groups is 1. The van der Waals surface area contributed by atoms with E-state index in [9.17, 15) is 4.79 Å². The molecule has 116 valence electrons. The molecule has 23 heavy (non-hydrogen) atoms. The van der Waals surface area contributed by atoms with E-state index in [0.717, 1.165) is 35.4 Å². The Morgan fingerprint density at radius 3 is 2.57 bits per heavy atom. The van der Waals surface area contributed by atoms with Crippen molar-refractivity contribution in [1.29, 1.82) is 0 Å². The number of hydrogen-bond donors (Lipinski definition) is 1. The molecule has 1 amide bonds. The number of fused-ring (bicyclic) bond motifs is 1. The highest BCUT2D eigenvalue weighted by atomic mass is 16.5. The molecule has 1 atom stereocenters. The summed E-state index contributed by atoms with van der Waals surface area (Å²) in [6, 6.07) is 18.0. The monoisotopic (exact) mass is 306 g/mol. The fraction of sp³-hybridized carbons (Fsp3) is 0.263. The molecule has 0 bridgehead atoms. The molecule has 1 N–H and O–H groups in total. The molecule has 0 aromatic heterocycles. The molecule has 0 unspecified atom stereocenters. The summed E-state index contributed by atoms with van der Waals surface area (Å²) in [5.41, 5.74) is 5.66. The molecule has 2 aromatic rings. The van der Waals surface area contributed by atoms with Crippen molar-refractivity contribution in [2.24, 2.45) is 11.0 Å². The zero-order chi connectivity index (χ0) is 15.6. The number of amides is 1. The Hall–Kier alpha value is -2.62. The van der Waals surface area contributed by atoms with E-state index in [0.29, 0.717) is 6.42 Å². The van der Waals surface area contributed by atoms with Crippen LogP contribution in [0.15, 0.2) is 59.7 Å². The van der Waals surface area contributed by atoms with Gasteiger partial charge in [-0.3, -0.25) is 4.79 Å². The number of nitrogens with zero attached hydrogens (tertiary/aromatic N) is 1. The smallest absolute Gasteiger partial charge is 0.243 e. The minimum Gasteiger partial charge on any atom is -0.485 e. The van der Waals surface area contributed by atoms with Crippen LogP contribution in [0.2, 0.25) is 0 Å². The SMILES string of the molecule is O=C(NN=C1C[C@@H](c2ccccc2)Oc2ccccc21)C1CC1. The van der Waals surface area contributed by atoms with Crippen LogP contribution in [0.1, 0.15) is 36.5 Å². The first kappa shape index (κ1) is 14.0. The van der Waals surface area contributed by atoms with Crippen molar-refractivity contribution in [3.63, 3.8) is 0 Å². The van der Waals surface area contributed by atoms with Gasteiger partial charge in [-0.1, -0.05) is 42.5 Å². The number of nitrogens with one attached hydrogen (secondary N) is 1. The second-order valence-corrected chi connectivity index (χ2v) is 6.03. The van der Waals surface area contributed by atoms with Gasteiger partial charge in [0.1, 0.15) is 11.9 Å². The lowest BCUT2D eigenvalue weighted by Gasteiger charge is -2.27. The van der Waals surface area contributed by atoms with Crippen molar-refractivity contribution in [3.05, 3.63) is 65.7 Å². The van der Waals surface area contributed by atoms with Gasteiger partial charge in [0.05, 0.1) is 5.71 Å². The Bertz CT molecular complexity index is 751. The molecule has 0 saturated heterocycles. The van der Waals surface area contributed by atoms with E-state index in [1.807, 2.05) is 42.5 Å². The number of rotatable bonds is 3. The van der Waals surface area contributed by atoms with Gasteiger partial charge >= 0.3 is 0 Å². The summed E-state index contributed by atoms with van der Waals surface area (Å²) in [5.74, 6) is 0.990. The predicted octanol–water partition coefficient (Wildman–Crippen LogP) is 3.44. The summed E-state index contributed by atoms with van der Waals surface area (Å²) in [5, 5.41) is 4.40. The minimum absolute atomic E-state index is 0.0257. The first-order chi connectivity index (χ1) is 11.3. The number of hydrogen-bond acceptors (Lipinski definition) is 3. The molecule has 4 rings (SSSR count). The lowest BCUT2D eigenvalue weighted by atomic mass is 9.96. The third kappa shape index (κ3) is 2.97. The molecular weight excluding hydrogens is 288 g/mol. The van der Waals surface area contributed by atoms with Gasteiger partial charge in [0.2, 0.25) is 5.91 Å². The van der Waals surface area contributed by atoms with Crippen molar-refractivity contribution in [2.75, 3.05) is 0 Å². The van der Waals surface area contributed by atoms with Gasteiger partial charge in [0.15, 0.2) is 0 Å². The van der Waals surface area contributed by atoms with Crippen LogP contribution < -0.4 is 10.2 Å². The Kier molecular flexibility index (Phi) is 3.58. The maximum Gasteiger partial charge on any atom is 0.243 e. The van der Waals surface area contributed by atoms with Gasteiger partial charge in [0, 0.05) is 17.9 Å². The second kappa shape index (κ2) is 5.88. The molecule has 1 fully saturated rings. The summed E-state index contributed by atoms with van der Waals surface area (Å²) in [6.45, 7) is 0. The molecule has 0 spiro atoms. The Balaban J connectivity index is 1.63. The molecule has 1 aliphatic carbocycles. The zero-order valence-corrected chi connectivity index (χ0v) is 12.7. The van der Waals surface area contributed by atoms with Crippen molar-refractivity contribution in [3.8, 4) is 5.75 Å². The van der Waals surface area contributed by atoms with Crippen LogP contribution in [0.5, 0.6) is 5.75 Å². The lowest BCUT2D eigenvalue weighted by molar-refractivity contribution is -0.122.